The molecule has 0 spiro atoms. The fraction of sp³-hybridized carbons (Fsp3) is 1.00. The van der Waals surface area contributed by atoms with Gasteiger partial charge in [0, 0.05) is 25.2 Å². The van der Waals surface area contributed by atoms with Crippen molar-refractivity contribution < 1.29 is 4.74 Å². The summed E-state index contributed by atoms with van der Waals surface area (Å²) in [6, 6.07) is 0.867. The number of nitrogens with zero attached hydrogens (tertiary/aromatic N) is 1. The lowest BCUT2D eigenvalue weighted by Gasteiger charge is -2.40. The highest BCUT2D eigenvalue weighted by Crippen LogP contribution is 2.30. The standard InChI is InChI=1S/C13H26N2O/c1-10(14)13-9-15(7-8-16-13)11(2)12-5-3-4-6-12/h10-13H,3-9,14H2,1-2H3. The average molecular weight is 226 g/mol. The smallest absolute Gasteiger partial charge is 0.0850 e. The van der Waals surface area contributed by atoms with E-state index >= 15 is 0 Å². The van der Waals surface area contributed by atoms with Gasteiger partial charge >= 0.3 is 0 Å². The summed E-state index contributed by atoms with van der Waals surface area (Å²) < 4.78 is 5.72. The van der Waals surface area contributed by atoms with Crippen LogP contribution in [0.25, 0.3) is 0 Å². The quantitative estimate of drug-likeness (QED) is 0.794. The maximum atomic E-state index is 5.93. The molecule has 0 aromatic heterocycles. The number of morpholine rings is 1. The number of hydrogen-bond donors (Lipinski definition) is 1. The maximum absolute atomic E-state index is 5.93. The Bertz CT molecular complexity index is 214. The first-order valence-corrected chi connectivity index (χ1v) is 6.79. The molecular weight excluding hydrogens is 200 g/mol. The van der Waals surface area contributed by atoms with Crippen molar-refractivity contribution in [2.75, 3.05) is 19.7 Å². The van der Waals surface area contributed by atoms with Gasteiger partial charge in [0.1, 0.15) is 0 Å². The monoisotopic (exact) mass is 226 g/mol. The number of rotatable bonds is 3. The Kier molecular flexibility index (Phi) is 4.22. The Morgan fingerprint density at radius 3 is 2.56 bits per heavy atom. The van der Waals surface area contributed by atoms with Crippen LogP contribution in [0.3, 0.4) is 0 Å². The van der Waals surface area contributed by atoms with Gasteiger partial charge in [-0.05, 0) is 32.6 Å². The highest BCUT2D eigenvalue weighted by Gasteiger charge is 2.31. The molecule has 3 nitrogen and oxygen atoms in total. The van der Waals surface area contributed by atoms with E-state index in [0.29, 0.717) is 6.04 Å². The largest absolute Gasteiger partial charge is 0.374 e. The predicted molar refractivity (Wildman–Crippen MR) is 66.4 cm³/mol. The van der Waals surface area contributed by atoms with Crippen LogP contribution in [0, 0.1) is 5.92 Å². The molecule has 1 aliphatic carbocycles. The third-order valence-corrected chi connectivity index (χ3v) is 4.37. The molecule has 1 saturated heterocycles. The first-order valence-electron chi connectivity index (χ1n) is 6.79. The fourth-order valence-electron chi connectivity index (χ4n) is 3.12. The average Bonchev–Trinajstić information content (AvgIpc) is 2.81. The normalized spacial score (nSPS) is 32.8. The lowest BCUT2D eigenvalue weighted by Crippen LogP contribution is -2.53. The molecule has 2 fully saturated rings. The van der Waals surface area contributed by atoms with Gasteiger partial charge in [0.15, 0.2) is 0 Å². The maximum Gasteiger partial charge on any atom is 0.0850 e. The van der Waals surface area contributed by atoms with Crippen molar-refractivity contribution in [1.29, 1.82) is 0 Å². The summed E-state index contributed by atoms with van der Waals surface area (Å²) in [7, 11) is 0. The second kappa shape index (κ2) is 5.48. The van der Waals surface area contributed by atoms with E-state index in [9.17, 15) is 0 Å². The van der Waals surface area contributed by atoms with Crippen molar-refractivity contribution in [2.24, 2.45) is 11.7 Å². The van der Waals surface area contributed by atoms with E-state index in [-0.39, 0.29) is 12.1 Å². The molecule has 94 valence electrons. The minimum absolute atomic E-state index is 0.151. The summed E-state index contributed by atoms with van der Waals surface area (Å²) in [5, 5.41) is 0. The van der Waals surface area contributed by atoms with E-state index in [0.717, 1.165) is 25.6 Å². The Hall–Kier alpha value is -0.120. The summed E-state index contributed by atoms with van der Waals surface area (Å²) in [5.41, 5.74) is 5.93. The van der Waals surface area contributed by atoms with Gasteiger partial charge in [-0.25, -0.2) is 0 Å². The number of hydrogen-bond acceptors (Lipinski definition) is 3. The van der Waals surface area contributed by atoms with E-state index in [1.165, 1.54) is 25.7 Å². The molecule has 2 aliphatic rings. The van der Waals surface area contributed by atoms with Crippen LogP contribution in [0.15, 0.2) is 0 Å². The lowest BCUT2D eigenvalue weighted by molar-refractivity contribution is -0.0564. The molecule has 0 radical (unpaired) electrons. The first kappa shape index (κ1) is 12.3. The molecule has 16 heavy (non-hydrogen) atoms. The molecule has 3 unspecified atom stereocenters. The summed E-state index contributed by atoms with van der Waals surface area (Å²) >= 11 is 0. The molecule has 3 atom stereocenters. The van der Waals surface area contributed by atoms with Crippen molar-refractivity contribution in [1.82, 2.24) is 4.90 Å². The van der Waals surface area contributed by atoms with Gasteiger partial charge in [0.2, 0.25) is 0 Å². The third kappa shape index (κ3) is 2.76. The van der Waals surface area contributed by atoms with Gasteiger partial charge in [-0.15, -0.1) is 0 Å². The molecule has 3 heteroatoms. The van der Waals surface area contributed by atoms with Gasteiger partial charge < -0.3 is 10.5 Å². The van der Waals surface area contributed by atoms with Gasteiger partial charge in [-0.2, -0.15) is 0 Å². The molecule has 1 saturated carbocycles. The minimum atomic E-state index is 0.151. The van der Waals surface area contributed by atoms with E-state index < -0.39 is 0 Å². The van der Waals surface area contributed by atoms with Crippen molar-refractivity contribution >= 4 is 0 Å². The van der Waals surface area contributed by atoms with Crippen LogP contribution in [0.5, 0.6) is 0 Å². The van der Waals surface area contributed by atoms with Crippen molar-refractivity contribution in [3.63, 3.8) is 0 Å². The highest BCUT2D eigenvalue weighted by atomic mass is 16.5. The van der Waals surface area contributed by atoms with E-state index in [2.05, 4.69) is 18.7 Å². The van der Waals surface area contributed by atoms with Crippen LogP contribution >= 0.6 is 0 Å². The topological polar surface area (TPSA) is 38.5 Å². The number of ether oxygens (including phenoxy) is 1. The molecule has 1 heterocycles. The van der Waals surface area contributed by atoms with Gasteiger partial charge in [0.25, 0.3) is 0 Å². The van der Waals surface area contributed by atoms with Gasteiger partial charge in [-0.1, -0.05) is 12.8 Å². The molecule has 1 aliphatic heterocycles. The first-order chi connectivity index (χ1) is 7.68. The van der Waals surface area contributed by atoms with E-state index in [4.69, 9.17) is 10.5 Å². The van der Waals surface area contributed by atoms with Crippen LogP contribution in [-0.4, -0.2) is 42.8 Å². The zero-order valence-corrected chi connectivity index (χ0v) is 10.7. The van der Waals surface area contributed by atoms with Crippen molar-refractivity contribution in [3.05, 3.63) is 0 Å². The van der Waals surface area contributed by atoms with Crippen LogP contribution in [-0.2, 0) is 4.74 Å². The molecule has 0 bridgehead atoms. The molecule has 2 N–H and O–H groups in total. The second-order valence-electron chi connectivity index (χ2n) is 5.55. The molecule has 0 aromatic carbocycles. The zero-order valence-electron chi connectivity index (χ0n) is 10.7. The van der Waals surface area contributed by atoms with Gasteiger partial charge in [0.05, 0.1) is 12.7 Å². The second-order valence-corrected chi connectivity index (χ2v) is 5.55. The van der Waals surface area contributed by atoms with Crippen LogP contribution in [0.4, 0.5) is 0 Å². The van der Waals surface area contributed by atoms with Crippen LogP contribution in [0.1, 0.15) is 39.5 Å². The van der Waals surface area contributed by atoms with Crippen molar-refractivity contribution in [3.8, 4) is 0 Å². The minimum Gasteiger partial charge on any atom is -0.374 e. The molecule has 0 aromatic rings. The lowest BCUT2D eigenvalue weighted by atomic mass is 9.97. The summed E-state index contributed by atoms with van der Waals surface area (Å²) in [5.74, 6) is 0.909. The van der Waals surface area contributed by atoms with Gasteiger partial charge in [-0.3, -0.25) is 4.90 Å². The Morgan fingerprint density at radius 1 is 1.25 bits per heavy atom. The third-order valence-electron chi connectivity index (χ3n) is 4.37. The van der Waals surface area contributed by atoms with Crippen LogP contribution < -0.4 is 5.73 Å². The zero-order chi connectivity index (χ0) is 11.5. The van der Waals surface area contributed by atoms with E-state index in [1.54, 1.807) is 0 Å². The number of nitrogens with two attached hydrogens (primary N) is 1. The Labute approximate surface area is 99.3 Å². The SMILES string of the molecule is CC(N)C1CN(C(C)C2CCCC2)CCO1. The molecule has 0 amide bonds. The Morgan fingerprint density at radius 2 is 1.94 bits per heavy atom. The Balaban J connectivity index is 1.87. The highest BCUT2D eigenvalue weighted by molar-refractivity contribution is 4.85. The molecular formula is C13H26N2O. The fourth-order valence-corrected chi connectivity index (χ4v) is 3.12. The van der Waals surface area contributed by atoms with Crippen molar-refractivity contribution in [2.45, 2.75) is 57.7 Å². The van der Waals surface area contributed by atoms with E-state index in [1.807, 2.05) is 0 Å². The summed E-state index contributed by atoms with van der Waals surface area (Å²) in [6.45, 7) is 7.40. The summed E-state index contributed by atoms with van der Waals surface area (Å²) in [4.78, 5) is 2.59. The summed E-state index contributed by atoms with van der Waals surface area (Å²) in [6.07, 6.45) is 5.92. The van der Waals surface area contributed by atoms with Crippen LogP contribution in [0.2, 0.25) is 0 Å². The predicted octanol–water partition coefficient (Wildman–Crippen LogP) is 1.61. The molecule has 2 rings (SSSR count).